The van der Waals surface area contributed by atoms with Gasteiger partial charge in [0.05, 0.1) is 29.8 Å². The molecule has 2 aromatic carbocycles. The standard InChI is InChI=1S/C24H24BrN3O3/c1-13-23(16-10-22(31-4)18(25)11-21(16)27(13)2)24(29)28-8-7-20-17(12-28)15-9-14(30-3)5-6-19(15)26-20/h5-6,9-11,26H,7-8,12H2,1-4H3. The number of aryl methyl sites for hydroxylation is 1. The summed E-state index contributed by atoms with van der Waals surface area (Å²) in [5.74, 6) is 1.59. The fourth-order valence-electron chi connectivity index (χ4n) is 4.64. The Morgan fingerprint density at radius 1 is 1.13 bits per heavy atom. The molecule has 0 fully saturated rings. The van der Waals surface area contributed by atoms with Crippen LogP contribution in [0.1, 0.15) is 27.3 Å². The van der Waals surface area contributed by atoms with E-state index >= 15 is 0 Å². The average Bonchev–Trinajstić information content (AvgIpc) is 3.26. The number of ether oxygens (including phenoxy) is 2. The number of fused-ring (bicyclic) bond motifs is 4. The van der Waals surface area contributed by atoms with Crippen LogP contribution in [0, 0.1) is 6.92 Å². The van der Waals surface area contributed by atoms with Gasteiger partial charge in [-0.3, -0.25) is 4.79 Å². The van der Waals surface area contributed by atoms with Crippen molar-refractivity contribution in [1.29, 1.82) is 0 Å². The van der Waals surface area contributed by atoms with Crippen LogP contribution < -0.4 is 9.47 Å². The molecule has 7 heteroatoms. The highest BCUT2D eigenvalue weighted by atomic mass is 79.9. The third-order valence-electron chi connectivity index (χ3n) is 6.45. The van der Waals surface area contributed by atoms with Gasteiger partial charge in [0.1, 0.15) is 11.5 Å². The molecule has 1 aliphatic rings. The van der Waals surface area contributed by atoms with Gasteiger partial charge in [-0.15, -0.1) is 0 Å². The summed E-state index contributed by atoms with van der Waals surface area (Å²) in [6, 6.07) is 10.0. The average molecular weight is 482 g/mol. The molecule has 1 amide bonds. The maximum atomic E-state index is 13.7. The summed E-state index contributed by atoms with van der Waals surface area (Å²) in [5, 5.41) is 2.03. The number of nitrogens with one attached hydrogen (secondary N) is 1. The number of nitrogens with zero attached hydrogens (tertiary/aromatic N) is 2. The Kier molecular flexibility index (Phi) is 4.73. The van der Waals surface area contributed by atoms with Gasteiger partial charge in [-0.25, -0.2) is 0 Å². The Labute approximate surface area is 188 Å². The minimum atomic E-state index is 0.0513. The molecule has 5 rings (SSSR count). The molecule has 6 nitrogen and oxygen atoms in total. The fraction of sp³-hybridized carbons (Fsp3) is 0.292. The number of aromatic amines is 1. The molecule has 0 atom stereocenters. The molecule has 3 heterocycles. The van der Waals surface area contributed by atoms with Crippen molar-refractivity contribution in [3.63, 3.8) is 0 Å². The van der Waals surface area contributed by atoms with Crippen LogP contribution in [0.4, 0.5) is 0 Å². The Balaban J connectivity index is 1.58. The number of carbonyl (C=O) groups excluding carboxylic acids is 1. The van der Waals surface area contributed by atoms with E-state index in [4.69, 9.17) is 9.47 Å². The topological polar surface area (TPSA) is 59.5 Å². The second-order valence-corrected chi connectivity index (χ2v) is 8.85. The Morgan fingerprint density at radius 2 is 1.94 bits per heavy atom. The minimum Gasteiger partial charge on any atom is -0.497 e. The lowest BCUT2D eigenvalue weighted by atomic mass is 10.0. The first-order chi connectivity index (χ1) is 14.9. The molecule has 0 spiro atoms. The number of hydrogen-bond acceptors (Lipinski definition) is 3. The van der Waals surface area contributed by atoms with Gasteiger partial charge in [0.25, 0.3) is 5.91 Å². The Bertz CT molecular complexity index is 1350. The third kappa shape index (κ3) is 3.02. The van der Waals surface area contributed by atoms with Gasteiger partial charge in [0, 0.05) is 59.8 Å². The number of carbonyl (C=O) groups is 1. The highest BCUT2D eigenvalue weighted by Gasteiger charge is 2.29. The summed E-state index contributed by atoms with van der Waals surface area (Å²) in [7, 11) is 5.31. The van der Waals surface area contributed by atoms with E-state index in [2.05, 4.69) is 25.5 Å². The molecule has 1 aliphatic heterocycles. The maximum absolute atomic E-state index is 13.7. The van der Waals surface area contributed by atoms with Gasteiger partial charge in [-0.1, -0.05) is 0 Å². The summed E-state index contributed by atoms with van der Waals surface area (Å²) in [6.07, 6.45) is 0.802. The fourth-order valence-corrected chi connectivity index (χ4v) is 5.14. The van der Waals surface area contributed by atoms with E-state index in [0.717, 1.165) is 55.5 Å². The number of amides is 1. The lowest BCUT2D eigenvalue weighted by Crippen LogP contribution is -2.36. The molecule has 4 aromatic rings. The smallest absolute Gasteiger partial charge is 0.256 e. The van der Waals surface area contributed by atoms with Crippen LogP contribution in [0.15, 0.2) is 34.8 Å². The zero-order valence-corrected chi connectivity index (χ0v) is 19.6. The van der Waals surface area contributed by atoms with Gasteiger partial charge in [0.2, 0.25) is 0 Å². The molecule has 1 N–H and O–H groups in total. The highest BCUT2D eigenvalue weighted by Crippen LogP contribution is 2.36. The number of halogens is 1. The van der Waals surface area contributed by atoms with Gasteiger partial charge in [-0.2, -0.15) is 0 Å². The zero-order chi connectivity index (χ0) is 21.9. The van der Waals surface area contributed by atoms with E-state index in [1.54, 1.807) is 14.2 Å². The van der Waals surface area contributed by atoms with Gasteiger partial charge >= 0.3 is 0 Å². The van der Waals surface area contributed by atoms with Crippen molar-refractivity contribution in [3.05, 3.63) is 57.3 Å². The Hall–Kier alpha value is -2.93. The van der Waals surface area contributed by atoms with E-state index in [1.165, 1.54) is 11.3 Å². The number of benzene rings is 2. The summed E-state index contributed by atoms with van der Waals surface area (Å²) in [4.78, 5) is 19.2. The van der Waals surface area contributed by atoms with E-state index in [-0.39, 0.29) is 5.91 Å². The first kappa shape index (κ1) is 20.0. The lowest BCUT2D eigenvalue weighted by molar-refractivity contribution is 0.0736. The van der Waals surface area contributed by atoms with Gasteiger partial charge in [0.15, 0.2) is 0 Å². The molecule has 0 radical (unpaired) electrons. The molecule has 0 bridgehead atoms. The normalized spacial score (nSPS) is 13.6. The van der Waals surface area contributed by atoms with Crippen LogP contribution in [-0.2, 0) is 20.0 Å². The van der Waals surface area contributed by atoms with Crippen molar-refractivity contribution in [3.8, 4) is 11.5 Å². The first-order valence-electron chi connectivity index (χ1n) is 10.2. The van der Waals surface area contributed by atoms with Crippen molar-refractivity contribution in [2.75, 3.05) is 20.8 Å². The van der Waals surface area contributed by atoms with Gasteiger partial charge < -0.3 is 23.9 Å². The first-order valence-corrected chi connectivity index (χ1v) is 11.0. The van der Waals surface area contributed by atoms with Crippen molar-refractivity contribution >= 4 is 43.6 Å². The molecule has 2 aromatic heterocycles. The molecule has 160 valence electrons. The van der Waals surface area contributed by atoms with E-state index < -0.39 is 0 Å². The number of aromatic nitrogens is 2. The number of hydrogen-bond donors (Lipinski definition) is 1. The number of H-pyrrole nitrogens is 1. The van der Waals surface area contributed by atoms with E-state index in [1.807, 2.05) is 49.2 Å². The van der Waals surface area contributed by atoms with E-state index in [0.29, 0.717) is 13.1 Å². The largest absolute Gasteiger partial charge is 0.497 e. The molecule has 0 aliphatic carbocycles. The summed E-state index contributed by atoms with van der Waals surface area (Å²) < 4.78 is 13.8. The van der Waals surface area contributed by atoms with Crippen molar-refractivity contribution in [2.45, 2.75) is 19.9 Å². The monoisotopic (exact) mass is 481 g/mol. The maximum Gasteiger partial charge on any atom is 0.256 e. The second-order valence-electron chi connectivity index (χ2n) is 7.99. The van der Waals surface area contributed by atoms with E-state index in [9.17, 15) is 4.79 Å². The molecule has 0 saturated heterocycles. The highest BCUT2D eigenvalue weighted by molar-refractivity contribution is 9.10. The summed E-state index contributed by atoms with van der Waals surface area (Å²) >= 11 is 3.56. The number of rotatable bonds is 3. The summed E-state index contributed by atoms with van der Waals surface area (Å²) in [6.45, 7) is 3.25. The van der Waals surface area contributed by atoms with Crippen molar-refractivity contribution < 1.29 is 14.3 Å². The zero-order valence-electron chi connectivity index (χ0n) is 18.0. The Morgan fingerprint density at radius 3 is 2.68 bits per heavy atom. The van der Waals surface area contributed by atoms with Crippen LogP contribution >= 0.6 is 15.9 Å². The predicted octanol–water partition coefficient (Wildman–Crippen LogP) is 4.95. The quantitative estimate of drug-likeness (QED) is 0.450. The van der Waals surface area contributed by atoms with Crippen LogP contribution in [0.2, 0.25) is 0 Å². The second kappa shape index (κ2) is 7.34. The minimum absolute atomic E-state index is 0.0513. The van der Waals surface area contributed by atoms with Crippen molar-refractivity contribution in [2.24, 2.45) is 7.05 Å². The molecular weight excluding hydrogens is 458 g/mol. The summed E-state index contributed by atoms with van der Waals surface area (Å²) in [5.41, 5.74) is 6.15. The van der Waals surface area contributed by atoms with Crippen LogP contribution in [0.5, 0.6) is 11.5 Å². The molecular formula is C24H24BrN3O3. The van der Waals surface area contributed by atoms with Crippen LogP contribution in [0.3, 0.4) is 0 Å². The van der Waals surface area contributed by atoms with Crippen molar-refractivity contribution in [1.82, 2.24) is 14.5 Å². The third-order valence-corrected chi connectivity index (χ3v) is 7.07. The van der Waals surface area contributed by atoms with Crippen LogP contribution in [-0.4, -0.2) is 41.1 Å². The van der Waals surface area contributed by atoms with Gasteiger partial charge in [-0.05, 0) is 53.2 Å². The predicted molar refractivity (Wildman–Crippen MR) is 125 cm³/mol. The molecule has 31 heavy (non-hydrogen) atoms. The molecule has 0 unspecified atom stereocenters. The SMILES string of the molecule is COc1ccc2[nH]c3c(c2c1)CN(C(=O)c1c(C)n(C)c2cc(Br)c(OC)cc12)CC3. The number of methoxy groups -OCH3 is 2. The lowest BCUT2D eigenvalue weighted by Gasteiger charge is -2.27. The molecule has 0 saturated carbocycles. The van der Waals surface area contributed by atoms with Crippen LogP contribution in [0.25, 0.3) is 21.8 Å².